The monoisotopic (exact) mass is 238 g/mol. The van der Waals surface area contributed by atoms with Crippen LogP contribution in [-0.2, 0) is 4.79 Å². The SMILES string of the molecule is N#CC(=CC=Cc1ccccc1)C(=O)NC1CC1. The predicted octanol–water partition coefficient (Wildman–Crippen LogP) is 2.43. The fraction of sp³-hybridized carbons (Fsp3) is 0.200. The fourth-order valence-electron chi connectivity index (χ4n) is 1.47. The Hall–Kier alpha value is -2.34. The molecule has 0 aromatic heterocycles. The second-order valence-corrected chi connectivity index (χ2v) is 4.21. The molecule has 0 bridgehead atoms. The van der Waals surface area contributed by atoms with Gasteiger partial charge in [0.1, 0.15) is 11.6 Å². The van der Waals surface area contributed by atoms with E-state index < -0.39 is 0 Å². The van der Waals surface area contributed by atoms with Crippen LogP contribution < -0.4 is 5.32 Å². The summed E-state index contributed by atoms with van der Waals surface area (Å²) in [6.45, 7) is 0. The summed E-state index contributed by atoms with van der Waals surface area (Å²) in [6.07, 6.45) is 7.17. The summed E-state index contributed by atoms with van der Waals surface area (Å²) in [5.74, 6) is -0.280. The predicted molar refractivity (Wildman–Crippen MR) is 70.3 cm³/mol. The lowest BCUT2D eigenvalue weighted by Gasteiger charge is -1.99. The Balaban J connectivity index is 1.99. The van der Waals surface area contributed by atoms with Crippen molar-refractivity contribution in [1.82, 2.24) is 5.32 Å². The number of carbonyl (C=O) groups is 1. The number of nitrogens with one attached hydrogen (secondary N) is 1. The van der Waals surface area contributed by atoms with Gasteiger partial charge in [-0.3, -0.25) is 4.79 Å². The largest absolute Gasteiger partial charge is 0.349 e. The quantitative estimate of drug-likeness (QED) is 0.497. The minimum atomic E-state index is -0.280. The van der Waals surface area contributed by atoms with Gasteiger partial charge in [0.25, 0.3) is 5.91 Å². The van der Waals surface area contributed by atoms with E-state index in [0.29, 0.717) is 0 Å². The standard InChI is InChI=1S/C15H14N2O/c16-11-13(15(18)17-14-9-10-14)8-4-7-12-5-2-1-3-6-12/h1-8,14H,9-10H2,(H,17,18). The maximum atomic E-state index is 11.6. The summed E-state index contributed by atoms with van der Waals surface area (Å²) >= 11 is 0. The highest BCUT2D eigenvalue weighted by Crippen LogP contribution is 2.19. The third-order valence-corrected chi connectivity index (χ3v) is 2.63. The Morgan fingerprint density at radius 2 is 2.06 bits per heavy atom. The third kappa shape index (κ3) is 3.60. The molecule has 0 atom stereocenters. The Labute approximate surface area is 106 Å². The van der Waals surface area contributed by atoms with Crippen LogP contribution in [-0.4, -0.2) is 11.9 Å². The van der Waals surface area contributed by atoms with E-state index in [1.54, 1.807) is 12.2 Å². The van der Waals surface area contributed by atoms with Crippen LogP contribution in [0.4, 0.5) is 0 Å². The van der Waals surface area contributed by atoms with E-state index in [0.717, 1.165) is 18.4 Å². The van der Waals surface area contributed by atoms with Crippen molar-refractivity contribution in [2.24, 2.45) is 0 Å². The second-order valence-electron chi connectivity index (χ2n) is 4.21. The van der Waals surface area contributed by atoms with E-state index in [-0.39, 0.29) is 17.5 Å². The van der Waals surface area contributed by atoms with Crippen LogP contribution in [0.15, 0.2) is 48.1 Å². The summed E-state index contributed by atoms with van der Waals surface area (Å²) in [7, 11) is 0. The van der Waals surface area contributed by atoms with Crippen molar-refractivity contribution in [2.45, 2.75) is 18.9 Å². The molecule has 1 aromatic carbocycles. The molecule has 0 radical (unpaired) electrons. The van der Waals surface area contributed by atoms with Gasteiger partial charge in [0.2, 0.25) is 0 Å². The number of hydrogen-bond acceptors (Lipinski definition) is 2. The number of benzene rings is 1. The Bertz CT molecular complexity index is 519. The number of rotatable bonds is 4. The number of carbonyl (C=O) groups excluding carboxylic acids is 1. The van der Waals surface area contributed by atoms with Crippen molar-refractivity contribution in [3.63, 3.8) is 0 Å². The van der Waals surface area contributed by atoms with Crippen molar-refractivity contribution in [3.05, 3.63) is 53.6 Å². The van der Waals surface area contributed by atoms with Crippen LogP contribution in [0.3, 0.4) is 0 Å². The maximum Gasteiger partial charge on any atom is 0.262 e. The first kappa shape index (κ1) is 12.1. The minimum absolute atomic E-state index is 0.147. The maximum absolute atomic E-state index is 11.6. The summed E-state index contributed by atoms with van der Waals surface area (Å²) in [5.41, 5.74) is 1.18. The molecular weight excluding hydrogens is 224 g/mol. The molecule has 0 heterocycles. The third-order valence-electron chi connectivity index (χ3n) is 2.63. The topological polar surface area (TPSA) is 52.9 Å². The molecule has 1 aliphatic carbocycles. The number of amides is 1. The van der Waals surface area contributed by atoms with E-state index in [9.17, 15) is 4.79 Å². The Morgan fingerprint density at radius 3 is 2.67 bits per heavy atom. The van der Waals surface area contributed by atoms with Gasteiger partial charge in [-0.25, -0.2) is 0 Å². The van der Waals surface area contributed by atoms with Gasteiger partial charge in [0.15, 0.2) is 0 Å². The Kier molecular flexibility index (Phi) is 3.93. The molecule has 0 unspecified atom stereocenters. The zero-order valence-corrected chi connectivity index (χ0v) is 9.97. The van der Waals surface area contributed by atoms with E-state index in [4.69, 9.17) is 5.26 Å². The van der Waals surface area contributed by atoms with Crippen LogP contribution in [0.1, 0.15) is 18.4 Å². The van der Waals surface area contributed by atoms with Crippen molar-refractivity contribution in [2.75, 3.05) is 0 Å². The van der Waals surface area contributed by atoms with Crippen LogP contribution in [0.2, 0.25) is 0 Å². The lowest BCUT2D eigenvalue weighted by atomic mass is 10.2. The van der Waals surface area contributed by atoms with Crippen molar-refractivity contribution in [1.29, 1.82) is 5.26 Å². The first-order chi connectivity index (χ1) is 8.79. The highest BCUT2D eigenvalue weighted by molar-refractivity contribution is 5.98. The molecule has 18 heavy (non-hydrogen) atoms. The molecule has 1 saturated carbocycles. The molecule has 1 N–H and O–H groups in total. The normalized spacial score (nSPS) is 15.4. The zero-order chi connectivity index (χ0) is 12.8. The number of nitriles is 1. The number of nitrogens with zero attached hydrogens (tertiary/aromatic N) is 1. The first-order valence-corrected chi connectivity index (χ1v) is 5.94. The van der Waals surface area contributed by atoms with Crippen molar-refractivity contribution < 1.29 is 4.79 Å². The van der Waals surface area contributed by atoms with Crippen LogP contribution >= 0.6 is 0 Å². The average Bonchev–Trinajstić information content (AvgIpc) is 3.19. The number of hydrogen-bond donors (Lipinski definition) is 1. The summed E-state index contributed by atoms with van der Waals surface area (Å²) < 4.78 is 0. The summed E-state index contributed by atoms with van der Waals surface area (Å²) in [5, 5.41) is 11.7. The average molecular weight is 238 g/mol. The van der Waals surface area contributed by atoms with Crippen LogP contribution in [0.5, 0.6) is 0 Å². The molecule has 1 amide bonds. The van der Waals surface area contributed by atoms with Gasteiger partial charge in [-0.15, -0.1) is 0 Å². The van der Waals surface area contributed by atoms with Gasteiger partial charge < -0.3 is 5.32 Å². The molecule has 3 heteroatoms. The summed E-state index contributed by atoms with van der Waals surface area (Å²) in [4.78, 5) is 11.6. The molecule has 0 spiro atoms. The second kappa shape index (κ2) is 5.83. The lowest BCUT2D eigenvalue weighted by molar-refractivity contribution is -0.117. The van der Waals surface area contributed by atoms with Gasteiger partial charge in [0, 0.05) is 6.04 Å². The van der Waals surface area contributed by atoms with E-state index in [1.807, 2.05) is 42.5 Å². The summed E-state index contributed by atoms with van der Waals surface area (Å²) in [6, 6.07) is 11.9. The van der Waals surface area contributed by atoms with E-state index in [1.165, 1.54) is 0 Å². The first-order valence-electron chi connectivity index (χ1n) is 5.94. The van der Waals surface area contributed by atoms with Gasteiger partial charge in [-0.05, 0) is 24.5 Å². The van der Waals surface area contributed by atoms with Crippen LogP contribution in [0.25, 0.3) is 6.08 Å². The molecule has 90 valence electrons. The van der Waals surface area contributed by atoms with Gasteiger partial charge in [0.05, 0.1) is 0 Å². The zero-order valence-electron chi connectivity index (χ0n) is 9.97. The van der Waals surface area contributed by atoms with Crippen molar-refractivity contribution >= 4 is 12.0 Å². The highest BCUT2D eigenvalue weighted by atomic mass is 16.1. The van der Waals surface area contributed by atoms with Gasteiger partial charge >= 0.3 is 0 Å². The highest BCUT2D eigenvalue weighted by Gasteiger charge is 2.24. The molecule has 1 aromatic rings. The van der Waals surface area contributed by atoms with Gasteiger partial charge in [-0.1, -0.05) is 42.5 Å². The lowest BCUT2D eigenvalue weighted by Crippen LogP contribution is -2.26. The van der Waals surface area contributed by atoms with Crippen LogP contribution in [0, 0.1) is 11.3 Å². The number of allylic oxidation sites excluding steroid dienone is 2. The smallest absolute Gasteiger partial charge is 0.262 e. The van der Waals surface area contributed by atoms with E-state index >= 15 is 0 Å². The van der Waals surface area contributed by atoms with Crippen molar-refractivity contribution in [3.8, 4) is 6.07 Å². The van der Waals surface area contributed by atoms with Gasteiger partial charge in [-0.2, -0.15) is 5.26 Å². The minimum Gasteiger partial charge on any atom is -0.349 e. The molecule has 0 aliphatic heterocycles. The van der Waals surface area contributed by atoms with E-state index in [2.05, 4.69) is 5.32 Å². The molecule has 2 rings (SSSR count). The molecular formula is C15H14N2O. The molecule has 1 aliphatic rings. The molecule has 0 saturated heterocycles. The fourth-order valence-corrected chi connectivity index (χ4v) is 1.47. The molecule has 1 fully saturated rings. The Morgan fingerprint density at radius 1 is 1.33 bits per heavy atom. The molecule has 3 nitrogen and oxygen atoms in total.